The normalized spacial score (nSPS) is 17.4. The molecule has 30 heavy (non-hydrogen) atoms. The van der Waals surface area contributed by atoms with Crippen LogP contribution in [0.2, 0.25) is 0 Å². The summed E-state index contributed by atoms with van der Waals surface area (Å²) in [6.07, 6.45) is 2.17. The van der Waals surface area contributed by atoms with E-state index < -0.39 is 5.92 Å². The number of hydrogen-bond acceptors (Lipinski definition) is 4. The number of aromatic amines is 1. The SMILES string of the molecule is C[C@@H](NC(=O)Nc1cc2[nH]nc(NC3CCC(F)(F)CC3)c2cn1)c1ccccc1. The highest BCUT2D eigenvalue weighted by Crippen LogP contribution is 2.34. The molecule has 4 N–H and O–H groups in total. The summed E-state index contributed by atoms with van der Waals surface area (Å²) in [6.45, 7) is 1.90. The Morgan fingerprint density at radius 1 is 1.23 bits per heavy atom. The van der Waals surface area contributed by atoms with Gasteiger partial charge in [0.15, 0.2) is 5.82 Å². The smallest absolute Gasteiger partial charge is 0.320 e. The maximum absolute atomic E-state index is 13.3. The number of amides is 2. The van der Waals surface area contributed by atoms with Crippen molar-refractivity contribution in [2.75, 3.05) is 10.6 Å². The van der Waals surface area contributed by atoms with Crippen LogP contribution in [-0.2, 0) is 0 Å². The number of carbonyl (C=O) groups excluding carboxylic acids is 1. The molecule has 1 fully saturated rings. The molecule has 0 unspecified atom stereocenters. The van der Waals surface area contributed by atoms with Gasteiger partial charge >= 0.3 is 6.03 Å². The summed E-state index contributed by atoms with van der Waals surface area (Å²) in [5.41, 5.74) is 1.70. The van der Waals surface area contributed by atoms with Gasteiger partial charge in [0.1, 0.15) is 5.82 Å². The average molecular weight is 414 g/mol. The number of halogens is 2. The lowest BCUT2D eigenvalue weighted by Crippen LogP contribution is -2.32. The number of hydrogen-bond donors (Lipinski definition) is 4. The first-order chi connectivity index (χ1) is 14.4. The van der Waals surface area contributed by atoms with Crippen LogP contribution in [0.5, 0.6) is 0 Å². The fourth-order valence-electron chi connectivity index (χ4n) is 3.64. The predicted octanol–water partition coefficient (Wildman–Crippen LogP) is 4.83. The third-order valence-electron chi connectivity index (χ3n) is 5.39. The molecule has 0 aliphatic heterocycles. The molecule has 0 radical (unpaired) electrons. The summed E-state index contributed by atoms with van der Waals surface area (Å²) >= 11 is 0. The molecule has 1 aliphatic carbocycles. The van der Waals surface area contributed by atoms with Gasteiger partial charge in [-0.15, -0.1) is 0 Å². The first kappa shape index (κ1) is 20.1. The first-order valence-corrected chi connectivity index (χ1v) is 10.0. The Bertz CT molecular complexity index is 1010. The molecule has 158 valence electrons. The van der Waals surface area contributed by atoms with Crippen LogP contribution in [0.25, 0.3) is 10.9 Å². The average Bonchev–Trinajstić information content (AvgIpc) is 3.12. The monoisotopic (exact) mass is 414 g/mol. The highest BCUT2D eigenvalue weighted by molar-refractivity contribution is 5.94. The van der Waals surface area contributed by atoms with Crippen molar-refractivity contribution in [3.05, 3.63) is 48.2 Å². The number of aromatic nitrogens is 3. The van der Waals surface area contributed by atoms with Crippen molar-refractivity contribution in [3.63, 3.8) is 0 Å². The molecule has 0 bridgehead atoms. The molecule has 4 rings (SSSR count). The topological polar surface area (TPSA) is 94.7 Å². The number of nitrogens with zero attached hydrogens (tertiary/aromatic N) is 2. The summed E-state index contributed by atoms with van der Waals surface area (Å²) in [5, 5.41) is 16.7. The molecule has 1 aliphatic rings. The molecule has 2 heterocycles. The number of H-pyrrole nitrogens is 1. The van der Waals surface area contributed by atoms with E-state index in [0.717, 1.165) is 10.9 Å². The summed E-state index contributed by atoms with van der Waals surface area (Å²) in [5.74, 6) is -1.60. The number of pyridine rings is 1. The molecule has 9 heteroatoms. The van der Waals surface area contributed by atoms with Crippen molar-refractivity contribution in [1.82, 2.24) is 20.5 Å². The molecule has 2 amide bonds. The largest absolute Gasteiger partial charge is 0.365 e. The van der Waals surface area contributed by atoms with Crippen molar-refractivity contribution in [2.24, 2.45) is 0 Å². The molecule has 1 saturated carbocycles. The van der Waals surface area contributed by atoms with E-state index in [1.54, 1.807) is 12.3 Å². The van der Waals surface area contributed by atoms with Gasteiger partial charge in [-0.1, -0.05) is 30.3 Å². The number of anilines is 2. The summed E-state index contributed by atoms with van der Waals surface area (Å²) in [7, 11) is 0. The Labute approximate surface area is 172 Å². The number of benzene rings is 1. The van der Waals surface area contributed by atoms with Gasteiger partial charge in [0.25, 0.3) is 0 Å². The minimum Gasteiger partial charge on any atom is -0.365 e. The third-order valence-corrected chi connectivity index (χ3v) is 5.39. The van der Waals surface area contributed by atoms with E-state index in [9.17, 15) is 13.6 Å². The fourth-order valence-corrected chi connectivity index (χ4v) is 3.64. The predicted molar refractivity (Wildman–Crippen MR) is 112 cm³/mol. The van der Waals surface area contributed by atoms with Gasteiger partial charge < -0.3 is 10.6 Å². The Morgan fingerprint density at radius 3 is 2.70 bits per heavy atom. The zero-order valence-electron chi connectivity index (χ0n) is 16.6. The number of rotatable bonds is 5. The van der Waals surface area contributed by atoms with Crippen LogP contribution < -0.4 is 16.0 Å². The Kier molecular flexibility index (Phi) is 5.52. The van der Waals surface area contributed by atoms with E-state index in [0.29, 0.717) is 30.0 Å². The van der Waals surface area contributed by atoms with Gasteiger partial charge in [-0.3, -0.25) is 10.4 Å². The number of fused-ring (bicyclic) bond motifs is 1. The molecular weight excluding hydrogens is 390 g/mol. The highest BCUT2D eigenvalue weighted by Gasteiger charge is 2.35. The van der Waals surface area contributed by atoms with Crippen LogP contribution >= 0.6 is 0 Å². The third kappa shape index (κ3) is 4.67. The van der Waals surface area contributed by atoms with Crippen molar-refractivity contribution in [3.8, 4) is 0 Å². The Morgan fingerprint density at radius 2 is 1.97 bits per heavy atom. The Balaban J connectivity index is 1.38. The lowest BCUT2D eigenvalue weighted by molar-refractivity contribution is -0.0361. The molecule has 1 aromatic carbocycles. The maximum atomic E-state index is 13.3. The van der Waals surface area contributed by atoms with Crippen molar-refractivity contribution >= 4 is 28.6 Å². The number of urea groups is 1. The maximum Gasteiger partial charge on any atom is 0.320 e. The lowest BCUT2D eigenvalue weighted by atomic mass is 9.92. The van der Waals surface area contributed by atoms with Gasteiger partial charge in [-0.2, -0.15) is 5.10 Å². The van der Waals surface area contributed by atoms with E-state index in [-0.39, 0.29) is 31.0 Å². The second-order valence-corrected chi connectivity index (χ2v) is 7.69. The van der Waals surface area contributed by atoms with Gasteiger partial charge in [0.2, 0.25) is 5.92 Å². The summed E-state index contributed by atoms with van der Waals surface area (Å²) < 4.78 is 26.7. The van der Waals surface area contributed by atoms with Crippen molar-refractivity contribution in [1.29, 1.82) is 0 Å². The van der Waals surface area contributed by atoms with Crippen LogP contribution in [0.1, 0.15) is 44.2 Å². The van der Waals surface area contributed by atoms with Gasteiger partial charge in [0, 0.05) is 31.1 Å². The first-order valence-electron chi connectivity index (χ1n) is 10.0. The number of nitrogens with one attached hydrogen (secondary N) is 4. The number of carbonyl (C=O) groups is 1. The minimum absolute atomic E-state index is 0.0424. The van der Waals surface area contributed by atoms with Gasteiger partial charge in [-0.05, 0) is 25.3 Å². The molecular formula is C21H24F2N6O. The summed E-state index contributed by atoms with van der Waals surface area (Å²) in [4.78, 5) is 16.6. The van der Waals surface area contributed by atoms with E-state index in [4.69, 9.17) is 0 Å². The van der Waals surface area contributed by atoms with E-state index in [1.165, 1.54) is 0 Å². The van der Waals surface area contributed by atoms with Crippen LogP contribution in [-0.4, -0.2) is 33.2 Å². The van der Waals surface area contributed by atoms with Crippen LogP contribution in [0.15, 0.2) is 42.6 Å². The van der Waals surface area contributed by atoms with Gasteiger partial charge in [-0.25, -0.2) is 18.6 Å². The fraction of sp³-hybridized carbons (Fsp3) is 0.381. The lowest BCUT2D eigenvalue weighted by Gasteiger charge is -2.28. The standard InChI is InChI=1S/C21H24F2N6O/c1-13(14-5-3-2-4-6-14)25-20(30)27-18-11-17-16(12-24-18)19(29-28-17)26-15-7-9-21(22,23)10-8-15/h2-6,11-13,15H,7-10H2,1H3,(H2,26,28,29)(H2,24,25,27,30)/t13-/m1/s1. The van der Waals surface area contributed by atoms with Crippen LogP contribution in [0.3, 0.4) is 0 Å². The summed E-state index contributed by atoms with van der Waals surface area (Å²) in [6, 6.07) is 10.8. The zero-order chi connectivity index (χ0) is 21.1. The number of alkyl halides is 2. The Hall–Kier alpha value is -3.23. The highest BCUT2D eigenvalue weighted by atomic mass is 19.3. The second-order valence-electron chi connectivity index (χ2n) is 7.69. The van der Waals surface area contributed by atoms with E-state index in [1.807, 2.05) is 37.3 Å². The van der Waals surface area contributed by atoms with Crippen molar-refractivity contribution < 1.29 is 13.6 Å². The van der Waals surface area contributed by atoms with E-state index >= 15 is 0 Å². The molecule has 7 nitrogen and oxygen atoms in total. The second kappa shape index (κ2) is 8.25. The molecule has 2 aromatic heterocycles. The van der Waals surface area contributed by atoms with Crippen LogP contribution in [0.4, 0.5) is 25.2 Å². The molecule has 0 spiro atoms. The van der Waals surface area contributed by atoms with E-state index in [2.05, 4.69) is 31.1 Å². The quantitative estimate of drug-likeness (QED) is 0.481. The minimum atomic E-state index is -2.56. The zero-order valence-corrected chi connectivity index (χ0v) is 16.6. The molecule has 0 saturated heterocycles. The van der Waals surface area contributed by atoms with Gasteiger partial charge in [0.05, 0.1) is 16.9 Å². The van der Waals surface area contributed by atoms with Crippen molar-refractivity contribution in [2.45, 2.75) is 50.6 Å². The molecule has 3 aromatic rings. The molecule has 1 atom stereocenters. The van der Waals surface area contributed by atoms with Crippen LogP contribution in [0, 0.1) is 0 Å².